The molecule has 29 heavy (non-hydrogen) atoms. The predicted molar refractivity (Wildman–Crippen MR) is 101 cm³/mol. The molecule has 0 aliphatic carbocycles. The van der Waals surface area contributed by atoms with Crippen molar-refractivity contribution in [3.63, 3.8) is 0 Å². The Kier molecular flexibility index (Phi) is 10.5. The van der Waals surface area contributed by atoms with Crippen molar-refractivity contribution in [2.24, 2.45) is 5.84 Å². The number of carboxylic acid groups (broad SMARTS) is 2. The number of hydrogen-bond donors (Lipinski definition) is 7. The molecule has 1 aromatic rings. The van der Waals surface area contributed by atoms with Crippen LogP contribution >= 0.6 is 0 Å². The molecule has 0 fully saturated rings. The standard InChI is InChI=1S/C17H25N6O6/c18-23-13-6-4-11(10-21-13)15(26)19-8-2-1-3-9-20-17(29)22-12(16(27)28)5-7-14(24)25/h4,6,9-10,12H,1-3,5,7-8,18H2,(H,19,26)(H,21,23)(H,24,25)(H,27,28)(H2,20,22,29)/p+1. The van der Waals surface area contributed by atoms with Gasteiger partial charge in [0.2, 0.25) is 0 Å². The van der Waals surface area contributed by atoms with Crippen molar-refractivity contribution < 1.29 is 34.4 Å². The number of rotatable bonds is 13. The average Bonchev–Trinajstić information content (AvgIpc) is 2.69. The van der Waals surface area contributed by atoms with E-state index in [0.717, 1.165) is 0 Å². The van der Waals surface area contributed by atoms with Crippen molar-refractivity contribution in [1.29, 1.82) is 0 Å². The lowest BCUT2D eigenvalue weighted by Crippen LogP contribution is -2.45. The lowest BCUT2D eigenvalue weighted by molar-refractivity contribution is -0.361. The van der Waals surface area contributed by atoms with E-state index < -0.39 is 24.0 Å². The quantitative estimate of drug-likeness (QED) is 0.128. The number of H-pyrrole nitrogens is 1. The van der Waals surface area contributed by atoms with E-state index in [4.69, 9.17) is 16.1 Å². The molecule has 12 heteroatoms. The summed E-state index contributed by atoms with van der Waals surface area (Å²) >= 11 is 0. The first-order chi connectivity index (χ1) is 13.8. The highest BCUT2D eigenvalue weighted by molar-refractivity contribution is 5.93. The number of hydrazine groups is 1. The Bertz CT molecular complexity index is 696. The maximum atomic E-state index is 11.9. The molecule has 3 amide bonds. The smallest absolute Gasteiger partial charge is 0.326 e. The number of nitrogens with one attached hydrogen (secondary N) is 5. The molecule has 0 aliphatic heterocycles. The van der Waals surface area contributed by atoms with Crippen LogP contribution in [0.4, 0.5) is 10.6 Å². The number of unbranched alkanes of at least 4 members (excludes halogenated alkanes) is 2. The molecule has 12 nitrogen and oxygen atoms in total. The van der Waals surface area contributed by atoms with Crippen LogP contribution in [0.1, 0.15) is 42.5 Å². The topological polar surface area (TPSA) is 197 Å². The van der Waals surface area contributed by atoms with Crippen molar-refractivity contribution in [1.82, 2.24) is 16.0 Å². The van der Waals surface area contributed by atoms with Crippen molar-refractivity contribution >= 4 is 29.7 Å². The molecule has 0 saturated carbocycles. The number of urea groups is 1. The summed E-state index contributed by atoms with van der Waals surface area (Å²) in [7, 11) is 0. The van der Waals surface area contributed by atoms with Gasteiger partial charge in [0, 0.05) is 19.0 Å². The van der Waals surface area contributed by atoms with E-state index in [0.29, 0.717) is 37.2 Å². The van der Waals surface area contributed by atoms with Crippen LogP contribution in [0.3, 0.4) is 0 Å². The molecule has 0 saturated heterocycles. The van der Waals surface area contributed by atoms with Crippen LogP contribution in [0.5, 0.6) is 0 Å². The average molecular weight is 410 g/mol. The number of carbonyl (C=O) groups excluding carboxylic acids is 2. The van der Waals surface area contributed by atoms with Crippen molar-refractivity contribution in [2.75, 3.05) is 12.0 Å². The summed E-state index contributed by atoms with van der Waals surface area (Å²) in [6.07, 6.45) is 2.83. The molecular formula is C17H26N6O6+. The largest absolute Gasteiger partial charge is 0.481 e. The zero-order valence-electron chi connectivity index (χ0n) is 15.7. The number of carbonyl (C=O) groups is 4. The van der Waals surface area contributed by atoms with E-state index in [-0.39, 0.29) is 18.7 Å². The molecule has 1 unspecified atom stereocenters. The summed E-state index contributed by atoms with van der Waals surface area (Å²) in [6, 6.07) is 1.26. The van der Waals surface area contributed by atoms with Crippen LogP contribution in [-0.2, 0) is 9.59 Å². The second-order valence-corrected chi connectivity index (χ2v) is 6.03. The Morgan fingerprint density at radius 2 is 1.93 bits per heavy atom. The van der Waals surface area contributed by atoms with E-state index in [1.807, 2.05) is 0 Å². The summed E-state index contributed by atoms with van der Waals surface area (Å²) in [5, 5.41) is 24.9. The summed E-state index contributed by atoms with van der Waals surface area (Å²) in [5.74, 6) is 3.14. The summed E-state index contributed by atoms with van der Waals surface area (Å²) in [6.45, 7) is 1.92. The van der Waals surface area contributed by atoms with Crippen LogP contribution in [0, 0.1) is 6.54 Å². The van der Waals surface area contributed by atoms with Crippen LogP contribution in [0.15, 0.2) is 18.3 Å². The minimum atomic E-state index is -1.30. The molecule has 1 atom stereocenters. The fraction of sp³-hybridized carbons (Fsp3) is 0.412. The maximum absolute atomic E-state index is 11.9. The second kappa shape index (κ2) is 12.9. The number of anilines is 1. The van der Waals surface area contributed by atoms with Gasteiger partial charge < -0.3 is 26.2 Å². The van der Waals surface area contributed by atoms with Crippen LogP contribution < -0.4 is 32.2 Å². The van der Waals surface area contributed by atoms with Gasteiger partial charge in [-0.05, 0) is 31.7 Å². The fourth-order valence-electron chi connectivity index (χ4n) is 2.22. The first kappa shape index (κ1) is 23.6. The number of pyridine rings is 1. The Morgan fingerprint density at radius 1 is 1.17 bits per heavy atom. The third-order valence-electron chi connectivity index (χ3n) is 3.77. The minimum absolute atomic E-state index is 0.207. The predicted octanol–water partition coefficient (Wildman–Crippen LogP) is -0.535. The van der Waals surface area contributed by atoms with E-state index in [1.165, 1.54) is 12.7 Å². The molecule has 0 aliphatic rings. The van der Waals surface area contributed by atoms with Crippen molar-refractivity contribution in [3.05, 3.63) is 30.4 Å². The lowest BCUT2D eigenvalue weighted by atomic mass is 10.1. The molecule has 0 bridgehead atoms. The molecule has 0 spiro atoms. The highest BCUT2D eigenvalue weighted by atomic mass is 16.4. The van der Waals surface area contributed by atoms with E-state index in [2.05, 4.69) is 26.4 Å². The van der Waals surface area contributed by atoms with Gasteiger partial charge in [-0.3, -0.25) is 9.59 Å². The molecule has 1 rings (SSSR count). The highest BCUT2D eigenvalue weighted by Gasteiger charge is 2.20. The molecule has 0 aromatic carbocycles. The van der Waals surface area contributed by atoms with Crippen molar-refractivity contribution in [2.45, 2.75) is 38.1 Å². The summed E-state index contributed by atoms with van der Waals surface area (Å²) in [4.78, 5) is 47.9. The SMILES string of the molecule is NNc1ccc(C(=O)NCCCC[CH]NC(=O)NC(CCC(=O)O)C(=O)O)c[nH+]1. The minimum Gasteiger partial charge on any atom is -0.481 e. The maximum Gasteiger partial charge on any atom is 0.326 e. The van der Waals surface area contributed by atoms with Crippen LogP contribution in [0.2, 0.25) is 0 Å². The number of aromatic amines is 1. The fourth-order valence-corrected chi connectivity index (χ4v) is 2.22. The monoisotopic (exact) mass is 410 g/mol. The van der Waals surface area contributed by atoms with Gasteiger partial charge in [-0.15, -0.1) is 0 Å². The molecule has 1 radical (unpaired) electrons. The lowest BCUT2D eigenvalue weighted by Gasteiger charge is -2.14. The van der Waals surface area contributed by atoms with E-state index in [9.17, 15) is 19.2 Å². The molecule has 9 N–H and O–H groups in total. The number of aromatic nitrogens is 1. The number of nitrogen functional groups attached to an aromatic ring is 1. The zero-order chi connectivity index (χ0) is 21.6. The van der Waals surface area contributed by atoms with Gasteiger partial charge in [0.25, 0.3) is 11.7 Å². The second-order valence-electron chi connectivity index (χ2n) is 6.03. The van der Waals surface area contributed by atoms with Gasteiger partial charge >= 0.3 is 18.0 Å². The van der Waals surface area contributed by atoms with Gasteiger partial charge in [0.1, 0.15) is 12.2 Å². The Morgan fingerprint density at radius 3 is 2.52 bits per heavy atom. The number of hydrogen-bond acceptors (Lipinski definition) is 6. The number of nitrogens with two attached hydrogens (primary N) is 1. The number of aliphatic carboxylic acids is 2. The van der Waals surface area contributed by atoms with Gasteiger partial charge in [-0.2, -0.15) is 11.3 Å². The molecule has 1 aromatic heterocycles. The van der Waals surface area contributed by atoms with Gasteiger partial charge in [-0.25, -0.2) is 14.6 Å². The first-order valence-electron chi connectivity index (χ1n) is 8.93. The summed E-state index contributed by atoms with van der Waals surface area (Å²) in [5.41, 5.74) is 2.88. The Balaban J connectivity index is 2.14. The van der Waals surface area contributed by atoms with Crippen LogP contribution in [-0.4, -0.2) is 46.7 Å². The van der Waals surface area contributed by atoms with E-state index >= 15 is 0 Å². The van der Waals surface area contributed by atoms with E-state index in [1.54, 1.807) is 12.1 Å². The van der Waals surface area contributed by atoms with Crippen LogP contribution in [0.25, 0.3) is 0 Å². The number of carboxylic acids is 2. The van der Waals surface area contributed by atoms with Crippen molar-refractivity contribution in [3.8, 4) is 0 Å². The summed E-state index contributed by atoms with van der Waals surface area (Å²) < 4.78 is 0. The molecule has 1 heterocycles. The number of amides is 3. The third kappa shape index (κ3) is 9.91. The normalized spacial score (nSPS) is 11.2. The van der Waals surface area contributed by atoms with Gasteiger partial charge in [-0.1, -0.05) is 0 Å². The first-order valence-corrected chi connectivity index (χ1v) is 8.93. The molecule has 159 valence electrons. The Hall–Kier alpha value is -3.41. The highest BCUT2D eigenvalue weighted by Crippen LogP contribution is 2.01. The zero-order valence-corrected chi connectivity index (χ0v) is 15.7. The third-order valence-corrected chi connectivity index (χ3v) is 3.77. The van der Waals surface area contributed by atoms with Gasteiger partial charge in [0.05, 0.1) is 12.1 Å². The molecular weight excluding hydrogens is 384 g/mol. The Labute approximate surface area is 167 Å². The van der Waals surface area contributed by atoms with Gasteiger partial charge in [0.15, 0.2) is 0 Å².